The predicted octanol–water partition coefficient (Wildman–Crippen LogP) is 3.30. The first-order valence-electron chi connectivity index (χ1n) is 16.9. The van der Waals surface area contributed by atoms with Gasteiger partial charge in [-0.05, 0) is 54.4 Å². The summed E-state index contributed by atoms with van der Waals surface area (Å²) in [6.07, 6.45) is -0.195. The number of carbonyl (C=O) groups is 3. The van der Waals surface area contributed by atoms with E-state index in [9.17, 15) is 24.3 Å². The Balaban J connectivity index is 1.28. The highest BCUT2D eigenvalue weighted by Crippen LogP contribution is 2.60. The van der Waals surface area contributed by atoms with Crippen LogP contribution in [-0.2, 0) is 44.2 Å². The van der Waals surface area contributed by atoms with E-state index >= 15 is 0 Å². The Morgan fingerprint density at radius 1 is 1.04 bits per heavy atom. The number of piperazine rings is 1. The molecule has 4 heterocycles. The van der Waals surface area contributed by atoms with E-state index < -0.39 is 31.5 Å². The van der Waals surface area contributed by atoms with Gasteiger partial charge in [0.05, 0.1) is 44.0 Å². The summed E-state index contributed by atoms with van der Waals surface area (Å²) < 4.78 is 6.99. The van der Waals surface area contributed by atoms with E-state index in [1.165, 1.54) is 0 Å². The van der Waals surface area contributed by atoms with Crippen LogP contribution in [0.1, 0.15) is 35.6 Å². The number of nitrogens with one attached hydrogen (secondary N) is 1. The molecule has 3 aromatic rings. The van der Waals surface area contributed by atoms with E-state index in [1.807, 2.05) is 92.8 Å². The lowest BCUT2D eigenvalue weighted by Gasteiger charge is -2.37. The molecule has 0 bridgehead atoms. The number of carbonyl (C=O) groups excluding carboxylic acids is 3. The number of rotatable bonds is 7. The smallest absolute Gasteiger partial charge is 0.264 e. The minimum absolute atomic E-state index is 0.0241. The third-order valence-electron chi connectivity index (χ3n) is 10.8. The molecule has 2 fully saturated rings. The van der Waals surface area contributed by atoms with Crippen LogP contribution in [0, 0.1) is 5.92 Å². The fourth-order valence-electron chi connectivity index (χ4n) is 8.57. The second-order valence-electron chi connectivity index (χ2n) is 14.2. The van der Waals surface area contributed by atoms with Gasteiger partial charge in [-0.25, -0.2) is 0 Å². The van der Waals surface area contributed by atoms with Gasteiger partial charge >= 0.3 is 0 Å². The number of nitrogens with zero attached hydrogens (tertiary/aromatic N) is 3. The first-order chi connectivity index (χ1) is 23.0. The largest absolute Gasteiger partial charge is 0.432 e. The van der Waals surface area contributed by atoms with Gasteiger partial charge in [-0.2, -0.15) is 0 Å². The van der Waals surface area contributed by atoms with Gasteiger partial charge in [0.15, 0.2) is 13.9 Å². The number of hydrogen-bond acceptors (Lipinski definition) is 7. The van der Waals surface area contributed by atoms with Crippen molar-refractivity contribution >= 4 is 37.4 Å². The summed E-state index contributed by atoms with van der Waals surface area (Å²) in [5.41, 5.74) is 3.30. The van der Waals surface area contributed by atoms with Gasteiger partial charge in [0.1, 0.15) is 0 Å². The number of amides is 3. The molecule has 5 atom stereocenters. The third-order valence-corrected chi connectivity index (χ3v) is 13.3. The molecular formula is C37H44N4O6Si. The summed E-state index contributed by atoms with van der Waals surface area (Å²) in [5.74, 6) is -0.907. The summed E-state index contributed by atoms with van der Waals surface area (Å²) in [5, 5.41) is 13.4. The zero-order valence-corrected chi connectivity index (χ0v) is 28.8. The minimum Gasteiger partial charge on any atom is -0.432 e. The van der Waals surface area contributed by atoms with Crippen molar-refractivity contribution in [1.29, 1.82) is 0 Å². The first kappa shape index (κ1) is 32.7. The molecule has 0 aromatic heterocycles. The van der Waals surface area contributed by atoms with E-state index in [2.05, 4.69) is 5.32 Å². The Morgan fingerprint density at radius 3 is 2.48 bits per heavy atom. The molecule has 7 rings (SSSR count). The van der Waals surface area contributed by atoms with Crippen LogP contribution in [0.3, 0.4) is 0 Å². The van der Waals surface area contributed by atoms with Crippen molar-refractivity contribution in [1.82, 2.24) is 10.2 Å². The quantitative estimate of drug-likeness (QED) is 0.331. The zero-order chi connectivity index (χ0) is 33.8. The number of hydrogen-bond donors (Lipinski definition) is 3. The van der Waals surface area contributed by atoms with Gasteiger partial charge in [0, 0.05) is 42.3 Å². The molecule has 10 nitrogen and oxygen atoms in total. The molecule has 1 spiro atoms. The van der Waals surface area contributed by atoms with Crippen LogP contribution in [0.15, 0.2) is 72.8 Å². The fraction of sp³-hybridized carbons (Fsp3) is 0.432. The highest BCUT2D eigenvalue weighted by atomic mass is 28.4. The summed E-state index contributed by atoms with van der Waals surface area (Å²) in [7, 11) is -3.04. The molecule has 3 aromatic carbocycles. The van der Waals surface area contributed by atoms with E-state index in [-0.39, 0.29) is 43.3 Å². The molecule has 0 radical (unpaired) electrons. The van der Waals surface area contributed by atoms with E-state index in [0.717, 1.165) is 16.7 Å². The number of aliphatic hydroxyl groups excluding tert-OH is 1. The molecular weight excluding hydrogens is 625 g/mol. The summed E-state index contributed by atoms with van der Waals surface area (Å²) in [6.45, 7) is 7.60. The Hall–Kier alpha value is -3.87. The van der Waals surface area contributed by atoms with Crippen molar-refractivity contribution in [2.24, 2.45) is 5.92 Å². The van der Waals surface area contributed by atoms with Crippen molar-refractivity contribution in [3.8, 4) is 0 Å². The SMILES string of the molecule is C[C@H]1[C@H]([Si](C)(C)O)[C@@H](CC(=O)N2Cc3ccccc3C[C@H]2CO)O[C@]12C(=O)N(Cc1ccccc1)c1ccc(N3CCNCC3=O)cc12. The lowest BCUT2D eigenvalue weighted by molar-refractivity contribution is -0.151. The molecule has 0 saturated carbocycles. The van der Waals surface area contributed by atoms with Gasteiger partial charge in [-0.15, -0.1) is 0 Å². The second-order valence-corrected chi connectivity index (χ2v) is 18.2. The van der Waals surface area contributed by atoms with Crippen LogP contribution < -0.4 is 15.1 Å². The predicted molar refractivity (Wildman–Crippen MR) is 185 cm³/mol. The Morgan fingerprint density at radius 2 is 1.77 bits per heavy atom. The molecule has 11 heteroatoms. The van der Waals surface area contributed by atoms with Gasteiger partial charge in [-0.3, -0.25) is 14.4 Å². The first-order valence-corrected chi connectivity index (χ1v) is 19.9. The van der Waals surface area contributed by atoms with Gasteiger partial charge in [0.2, 0.25) is 11.8 Å². The molecule has 48 heavy (non-hydrogen) atoms. The maximum absolute atomic E-state index is 14.9. The van der Waals surface area contributed by atoms with E-state index in [1.54, 1.807) is 14.7 Å². The number of benzene rings is 3. The van der Waals surface area contributed by atoms with Gasteiger partial charge in [-0.1, -0.05) is 61.5 Å². The highest BCUT2D eigenvalue weighted by molar-refractivity contribution is 6.71. The van der Waals surface area contributed by atoms with E-state index in [0.29, 0.717) is 49.5 Å². The summed E-state index contributed by atoms with van der Waals surface area (Å²) in [6, 6.07) is 23.1. The lowest BCUT2D eigenvalue weighted by Crippen LogP contribution is -2.48. The number of aliphatic hydroxyl groups is 1. The molecule has 2 saturated heterocycles. The van der Waals surface area contributed by atoms with Crippen molar-refractivity contribution in [3.63, 3.8) is 0 Å². The minimum atomic E-state index is -3.04. The van der Waals surface area contributed by atoms with Crippen molar-refractivity contribution in [2.45, 2.75) is 69.2 Å². The normalized spacial score (nSPS) is 27.1. The van der Waals surface area contributed by atoms with Crippen LogP contribution in [0.2, 0.25) is 18.6 Å². The zero-order valence-electron chi connectivity index (χ0n) is 27.8. The van der Waals surface area contributed by atoms with Crippen LogP contribution in [0.5, 0.6) is 0 Å². The van der Waals surface area contributed by atoms with Crippen LogP contribution in [-0.4, -0.2) is 79.2 Å². The standard InChI is InChI=1S/C37H44N4O6Si/c1-24-35(48(2,3)46)32(19-33(43)40-22-27-12-8-7-11-26(27)17-29(40)23-42)47-37(24)30-18-28(39-16-15-38-20-34(39)44)13-14-31(30)41(36(37)45)21-25-9-5-4-6-10-25/h4-14,18,24,29,32,35,38,42,46H,15-17,19-23H2,1-3H3/t24-,29-,32+,35-,37+/m0/s1. The highest BCUT2D eigenvalue weighted by Gasteiger charge is 2.66. The Labute approximate surface area is 282 Å². The molecule has 0 aliphatic carbocycles. The fourth-order valence-corrected chi connectivity index (χ4v) is 11.1. The molecule has 3 N–H and O–H groups in total. The molecule has 4 aliphatic heterocycles. The number of anilines is 2. The van der Waals surface area contributed by atoms with Crippen molar-refractivity contribution in [3.05, 3.63) is 95.1 Å². The average molecular weight is 669 g/mol. The molecule has 0 unspecified atom stereocenters. The van der Waals surface area contributed by atoms with Gasteiger partial charge < -0.3 is 34.7 Å². The lowest BCUT2D eigenvalue weighted by atomic mass is 9.82. The Kier molecular flexibility index (Phi) is 8.53. The van der Waals surface area contributed by atoms with Crippen LogP contribution in [0.25, 0.3) is 0 Å². The van der Waals surface area contributed by atoms with E-state index in [4.69, 9.17) is 4.74 Å². The maximum Gasteiger partial charge on any atom is 0.264 e. The number of ether oxygens (including phenoxy) is 1. The number of fused-ring (bicyclic) bond motifs is 3. The molecule has 4 aliphatic rings. The van der Waals surface area contributed by atoms with Gasteiger partial charge in [0.25, 0.3) is 5.91 Å². The monoisotopic (exact) mass is 668 g/mol. The molecule has 252 valence electrons. The van der Waals surface area contributed by atoms with Crippen LogP contribution >= 0.6 is 0 Å². The summed E-state index contributed by atoms with van der Waals surface area (Å²) in [4.78, 5) is 59.0. The molecule has 3 amide bonds. The second kappa shape index (κ2) is 12.5. The maximum atomic E-state index is 14.9. The topological polar surface area (TPSA) is 123 Å². The Bertz CT molecular complexity index is 1730. The van der Waals surface area contributed by atoms with Crippen molar-refractivity contribution < 1.29 is 29.0 Å². The third kappa shape index (κ3) is 5.47. The van der Waals surface area contributed by atoms with Crippen LogP contribution in [0.4, 0.5) is 11.4 Å². The average Bonchev–Trinajstić information content (AvgIpc) is 3.50. The van der Waals surface area contributed by atoms with Crippen molar-refractivity contribution in [2.75, 3.05) is 36.0 Å². The summed E-state index contributed by atoms with van der Waals surface area (Å²) >= 11 is 0.